The number of hydrogen-bond donors (Lipinski definition) is 0. The summed E-state index contributed by atoms with van der Waals surface area (Å²) >= 11 is 0. The van der Waals surface area contributed by atoms with Crippen LogP contribution >= 0.6 is 0 Å². The van der Waals surface area contributed by atoms with Crippen LogP contribution in [0.4, 0.5) is 0 Å². The smallest absolute Gasteiger partial charge is 0.227 e. The molecule has 0 N–H and O–H groups in total. The van der Waals surface area contributed by atoms with Crippen LogP contribution in [0.5, 0.6) is 0 Å². The molecule has 2 aromatic rings. The summed E-state index contributed by atoms with van der Waals surface area (Å²) < 4.78 is 2.19. The lowest BCUT2D eigenvalue weighted by atomic mass is 9.78. The van der Waals surface area contributed by atoms with E-state index in [0.717, 1.165) is 11.5 Å². The van der Waals surface area contributed by atoms with Gasteiger partial charge in [-0.3, -0.25) is 4.79 Å². The number of carbonyl (C=O) groups is 1. The Morgan fingerprint density at radius 3 is 2.16 bits per heavy atom. The van der Waals surface area contributed by atoms with Gasteiger partial charge in [-0.15, -0.1) is 0 Å². The van der Waals surface area contributed by atoms with Crippen LogP contribution in [-0.4, -0.2) is 5.78 Å². The summed E-state index contributed by atoms with van der Waals surface area (Å²) in [7, 11) is 0. The number of hydrogen-bond acceptors (Lipinski definition) is 1. The molecule has 1 heterocycles. The van der Waals surface area contributed by atoms with Crippen molar-refractivity contribution in [1.82, 2.24) is 0 Å². The van der Waals surface area contributed by atoms with E-state index in [9.17, 15) is 4.79 Å². The molecule has 0 spiro atoms. The van der Waals surface area contributed by atoms with Gasteiger partial charge in [-0.25, -0.2) is 0 Å². The lowest BCUT2D eigenvalue weighted by Gasteiger charge is -2.27. The first-order chi connectivity index (χ1) is 15.3. The largest absolute Gasteiger partial charge is 0.287 e. The average Bonchev–Trinajstić information content (AvgIpc) is 2.82. The van der Waals surface area contributed by atoms with Crippen molar-refractivity contribution in [2.45, 2.75) is 103 Å². The maximum absolute atomic E-state index is 12.7. The number of benzene rings is 1. The van der Waals surface area contributed by atoms with Crippen LogP contribution in [-0.2, 0) is 6.54 Å². The molecule has 0 atom stereocenters. The minimum absolute atomic E-state index is 0.196. The molecular weight excluding hydrogens is 378 g/mol. The lowest BCUT2D eigenvalue weighted by molar-refractivity contribution is -0.692. The van der Waals surface area contributed by atoms with Gasteiger partial charge in [0.05, 0.1) is 0 Å². The SMILES string of the molecule is CCCCCCCCCCC1CCC(c2cccc[n+]2CC(=O)c2ccccc2)CC1. The van der Waals surface area contributed by atoms with Crippen LogP contribution in [0, 0.1) is 5.92 Å². The standard InChI is InChI=1S/C29H42NO/c1-2-3-4-5-6-7-8-10-15-25-19-21-26(22-20-25)28-18-13-14-23-30(28)24-29(31)27-16-11-9-12-17-27/h9,11-14,16-18,23,25-26H,2-8,10,15,19-22,24H2,1H3/q+1. The fourth-order valence-electron chi connectivity index (χ4n) is 5.19. The first-order valence-corrected chi connectivity index (χ1v) is 12.8. The van der Waals surface area contributed by atoms with E-state index < -0.39 is 0 Å². The molecule has 168 valence electrons. The Hall–Kier alpha value is -1.96. The van der Waals surface area contributed by atoms with Crippen molar-refractivity contribution in [3.8, 4) is 0 Å². The summed E-state index contributed by atoms with van der Waals surface area (Å²) in [4.78, 5) is 12.7. The van der Waals surface area contributed by atoms with Crippen molar-refractivity contribution in [3.05, 3.63) is 66.0 Å². The van der Waals surface area contributed by atoms with Gasteiger partial charge in [-0.1, -0.05) is 101 Å². The van der Waals surface area contributed by atoms with E-state index in [-0.39, 0.29) is 5.78 Å². The Labute approximate surface area is 190 Å². The predicted octanol–water partition coefficient (Wildman–Crippen LogP) is 7.66. The van der Waals surface area contributed by atoms with Gasteiger partial charge in [-0.05, 0) is 31.6 Å². The first kappa shape index (κ1) is 23.7. The Balaban J connectivity index is 1.41. The van der Waals surface area contributed by atoms with Gasteiger partial charge in [0.1, 0.15) is 0 Å². The van der Waals surface area contributed by atoms with Crippen LogP contribution < -0.4 is 4.57 Å². The van der Waals surface area contributed by atoms with E-state index >= 15 is 0 Å². The molecule has 1 aromatic carbocycles. The van der Waals surface area contributed by atoms with Crippen molar-refractivity contribution in [3.63, 3.8) is 0 Å². The minimum atomic E-state index is 0.196. The fourth-order valence-corrected chi connectivity index (χ4v) is 5.19. The molecule has 0 unspecified atom stereocenters. The third kappa shape index (κ3) is 7.91. The molecule has 1 aliphatic carbocycles. The summed E-state index contributed by atoms with van der Waals surface area (Å²) in [6.07, 6.45) is 20.1. The highest BCUT2D eigenvalue weighted by atomic mass is 16.1. The first-order valence-electron chi connectivity index (χ1n) is 12.8. The summed E-state index contributed by atoms with van der Waals surface area (Å²) in [6.45, 7) is 2.73. The summed E-state index contributed by atoms with van der Waals surface area (Å²) in [5, 5.41) is 0. The average molecular weight is 421 g/mol. The van der Waals surface area contributed by atoms with E-state index in [2.05, 4.69) is 35.9 Å². The predicted molar refractivity (Wildman–Crippen MR) is 129 cm³/mol. The van der Waals surface area contributed by atoms with Gasteiger partial charge < -0.3 is 0 Å². The highest BCUT2D eigenvalue weighted by Crippen LogP contribution is 2.36. The third-order valence-electron chi connectivity index (χ3n) is 7.12. The second-order valence-electron chi connectivity index (χ2n) is 9.52. The number of Topliss-reactive ketones (excluding diaryl/α,β-unsaturated/α-hetero) is 1. The molecule has 2 heteroatoms. The van der Waals surface area contributed by atoms with Crippen LogP contribution in [0.2, 0.25) is 0 Å². The van der Waals surface area contributed by atoms with E-state index in [0.29, 0.717) is 12.5 Å². The third-order valence-corrected chi connectivity index (χ3v) is 7.12. The molecule has 0 radical (unpaired) electrons. The number of nitrogens with zero attached hydrogens (tertiary/aromatic N) is 1. The van der Waals surface area contributed by atoms with Crippen LogP contribution in [0.15, 0.2) is 54.7 Å². The molecule has 1 aliphatic rings. The van der Waals surface area contributed by atoms with E-state index in [1.165, 1.54) is 89.2 Å². The highest BCUT2D eigenvalue weighted by molar-refractivity contribution is 5.94. The maximum Gasteiger partial charge on any atom is 0.227 e. The molecule has 1 aromatic heterocycles. The molecule has 1 saturated carbocycles. The summed E-state index contributed by atoms with van der Waals surface area (Å²) in [5.41, 5.74) is 2.15. The van der Waals surface area contributed by atoms with Gasteiger partial charge in [0.15, 0.2) is 11.9 Å². The molecular formula is C29H42NO+. The van der Waals surface area contributed by atoms with Gasteiger partial charge >= 0.3 is 0 Å². The van der Waals surface area contributed by atoms with Crippen molar-refractivity contribution >= 4 is 5.78 Å². The monoisotopic (exact) mass is 420 g/mol. The number of ketones is 1. The van der Waals surface area contributed by atoms with E-state index in [1.807, 2.05) is 30.3 Å². The number of aromatic nitrogens is 1. The van der Waals surface area contributed by atoms with Crippen LogP contribution in [0.1, 0.15) is 112 Å². The van der Waals surface area contributed by atoms with Gasteiger partial charge in [0, 0.05) is 23.6 Å². The minimum Gasteiger partial charge on any atom is -0.287 e. The Kier molecular flexibility index (Phi) is 10.3. The van der Waals surface area contributed by atoms with E-state index in [1.54, 1.807) is 0 Å². The summed E-state index contributed by atoms with van der Waals surface area (Å²) in [6, 6.07) is 16.1. The zero-order chi connectivity index (χ0) is 21.7. The highest BCUT2D eigenvalue weighted by Gasteiger charge is 2.28. The van der Waals surface area contributed by atoms with E-state index in [4.69, 9.17) is 0 Å². The second kappa shape index (κ2) is 13.5. The molecule has 31 heavy (non-hydrogen) atoms. The lowest BCUT2D eigenvalue weighted by Crippen LogP contribution is -2.43. The molecule has 1 fully saturated rings. The molecule has 0 amide bonds. The van der Waals surface area contributed by atoms with Crippen molar-refractivity contribution < 1.29 is 9.36 Å². The Bertz CT molecular complexity index is 761. The molecule has 0 aliphatic heterocycles. The van der Waals surface area contributed by atoms with Gasteiger partial charge in [-0.2, -0.15) is 4.57 Å². The quantitative estimate of drug-likeness (QED) is 0.185. The fraction of sp³-hybridized carbons (Fsp3) is 0.586. The number of carbonyl (C=O) groups excluding carboxylic acids is 1. The second-order valence-corrected chi connectivity index (χ2v) is 9.52. The zero-order valence-corrected chi connectivity index (χ0v) is 19.6. The molecule has 3 rings (SSSR count). The van der Waals surface area contributed by atoms with Gasteiger partial charge in [0.2, 0.25) is 12.3 Å². The Morgan fingerprint density at radius 1 is 0.806 bits per heavy atom. The molecule has 2 nitrogen and oxygen atoms in total. The molecule has 0 bridgehead atoms. The van der Waals surface area contributed by atoms with Crippen molar-refractivity contribution in [1.29, 1.82) is 0 Å². The maximum atomic E-state index is 12.7. The van der Waals surface area contributed by atoms with Crippen molar-refractivity contribution in [2.24, 2.45) is 5.92 Å². The molecule has 0 saturated heterocycles. The topological polar surface area (TPSA) is 20.9 Å². The van der Waals surface area contributed by atoms with Crippen molar-refractivity contribution in [2.75, 3.05) is 0 Å². The van der Waals surface area contributed by atoms with Crippen LogP contribution in [0.3, 0.4) is 0 Å². The summed E-state index contributed by atoms with van der Waals surface area (Å²) in [5.74, 6) is 1.71. The number of rotatable bonds is 13. The van der Waals surface area contributed by atoms with Crippen LogP contribution in [0.25, 0.3) is 0 Å². The normalized spacial score (nSPS) is 18.7. The number of pyridine rings is 1. The Morgan fingerprint density at radius 2 is 1.45 bits per heavy atom. The zero-order valence-electron chi connectivity index (χ0n) is 19.6. The number of unbranched alkanes of at least 4 members (excludes halogenated alkanes) is 7. The van der Waals surface area contributed by atoms with Gasteiger partial charge in [0.25, 0.3) is 0 Å².